The molecule has 0 fully saturated rings. The van der Waals surface area contributed by atoms with Crippen LogP contribution >= 0.6 is 0 Å². The molecule has 0 spiro atoms. The number of esters is 1. The lowest BCUT2D eigenvalue weighted by molar-refractivity contribution is -0.125. The van der Waals surface area contributed by atoms with E-state index in [1.54, 1.807) is 49.4 Å². The minimum absolute atomic E-state index is 0.0686. The molecule has 0 aliphatic heterocycles. The van der Waals surface area contributed by atoms with Crippen LogP contribution in [0, 0.1) is 6.92 Å². The van der Waals surface area contributed by atoms with Crippen molar-refractivity contribution in [3.63, 3.8) is 0 Å². The normalized spacial score (nSPS) is 11.5. The molecule has 3 rings (SSSR count). The van der Waals surface area contributed by atoms with E-state index in [4.69, 9.17) is 14.0 Å². The molecule has 0 aliphatic rings. The van der Waals surface area contributed by atoms with Gasteiger partial charge in [-0.3, -0.25) is 4.79 Å². The maximum atomic E-state index is 13.0. The predicted octanol–water partition coefficient (Wildman–Crippen LogP) is 3.92. The number of hydrogen-bond donors (Lipinski definition) is 1. The zero-order valence-corrected chi connectivity index (χ0v) is 15.5. The van der Waals surface area contributed by atoms with Gasteiger partial charge in [-0.25, -0.2) is 4.79 Å². The minimum atomic E-state index is -1.17. The van der Waals surface area contributed by atoms with Gasteiger partial charge in [0.25, 0.3) is 5.91 Å². The molecule has 1 aromatic heterocycles. The van der Waals surface area contributed by atoms with Gasteiger partial charge in [0.1, 0.15) is 5.75 Å². The van der Waals surface area contributed by atoms with Gasteiger partial charge in [0.2, 0.25) is 11.9 Å². The van der Waals surface area contributed by atoms with Gasteiger partial charge in [0.05, 0.1) is 18.0 Å². The third-order valence-corrected chi connectivity index (χ3v) is 3.84. The molecular formula is C21H20N2O5. The van der Waals surface area contributed by atoms with E-state index >= 15 is 0 Å². The maximum absolute atomic E-state index is 13.0. The van der Waals surface area contributed by atoms with Crippen LogP contribution in [0.3, 0.4) is 0 Å². The first-order valence-electron chi connectivity index (χ1n) is 8.80. The molecule has 7 nitrogen and oxygen atoms in total. The van der Waals surface area contributed by atoms with E-state index < -0.39 is 18.0 Å². The molecule has 1 heterocycles. The van der Waals surface area contributed by atoms with Crippen LogP contribution in [0.15, 0.2) is 65.2 Å². The Morgan fingerprint density at radius 3 is 2.50 bits per heavy atom. The fraction of sp³-hybridized carbons (Fsp3) is 0.190. The van der Waals surface area contributed by atoms with Crippen LogP contribution in [0.4, 0.5) is 5.69 Å². The van der Waals surface area contributed by atoms with Gasteiger partial charge < -0.3 is 19.3 Å². The summed E-state index contributed by atoms with van der Waals surface area (Å²) in [5.41, 5.74) is 1.55. The second-order valence-electron chi connectivity index (χ2n) is 5.95. The highest BCUT2D eigenvalue weighted by atomic mass is 16.6. The zero-order chi connectivity index (χ0) is 19.9. The molecule has 1 atom stereocenters. The Morgan fingerprint density at radius 2 is 1.82 bits per heavy atom. The van der Waals surface area contributed by atoms with E-state index in [1.165, 1.54) is 6.07 Å². The topological polar surface area (TPSA) is 90.7 Å². The van der Waals surface area contributed by atoms with Crippen molar-refractivity contribution in [3.05, 3.63) is 77.7 Å². The summed E-state index contributed by atoms with van der Waals surface area (Å²) < 4.78 is 15.9. The van der Waals surface area contributed by atoms with Crippen molar-refractivity contribution in [1.29, 1.82) is 0 Å². The number of benzene rings is 2. The second-order valence-corrected chi connectivity index (χ2v) is 5.95. The molecule has 0 saturated heterocycles. The predicted molar refractivity (Wildman–Crippen MR) is 102 cm³/mol. The molecular weight excluding hydrogens is 360 g/mol. The van der Waals surface area contributed by atoms with Crippen molar-refractivity contribution in [2.45, 2.75) is 20.0 Å². The first-order valence-corrected chi connectivity index (χ1v) is 8.80. The van der Waals surface area contributed by atoms with E-state index in [2.05, 4.69) is 10.5 Å². The number of hydrogen-bond acceptors (Lipinski definition) is 6. The highest BCUT2D eigenvalue weighted by Crippen LogP contribution is 2.27. The fourth-order valence-corrected chi connectivity index (χ4v) is 2.58. The third-order valence-electron chi connectivity index (χ3n) is 3.84. The molecule has 28 heavy (non-hydrogen) atoms. The lowest BCUT2D eigenvalue weighted by atomic mass is 10.1. The highest BCUT2D eigenvalue weighted by Gasteiger charge is 2.28. The van der Waals surface area contributed by atoms with Gasteiger partial charge in [-0.1, -0.05) is 47.6 Å². The van der Waals surface area contributed by atoms with Crippen molar-refractivity contribution in [1.82, 2.24) is 5.16 Å². The Bertz CT molecular complexity index is 952. The molecule has 0 radical (unpaired) electrons. The molecule has 1 amide bonds. The van der Waals surface area contributed by atoms with Crippen molar-refractivity contribution in [3.8, 4) is 5.75 Å². The van der Waals surface area contributed by atoms with E-state index in [9.17, 15) is 9.59 Å². The first-order chi connectivity index (χ1) is 13.6. The Kier molecular flexibility index (Phi) is 6.06. The van der Waals surface area contributed by atoms with E-state index in [0.29, 0.717) is 29.3 Å². The van der Waals surface area contributed by atoms with E-state index in [1.807, 2.05) is 19.1 Å². The van der Waals surface area contributed by atoms with Crippen molar-refractivity contribution in [2.75, 3.05) is 11.9 Å². The summed E-state index contributed by atoms with van der Waals surface area (Å²) in [6, 6.07) is 17.2. The summed E-state index contributed by atoms with van der Waals surface area (Å²) in [5, 5.41) is 6.44. The Labute approximate surface area is 162 Å². The number of carbonyl (C=O) groups excluding carboxylic acids is 2. The summed E-state index contributed by atoms with van der Waals surface area (Å²) in [6.07, 6.45) is -1.17. The summed E-state index contributed by atoms with van der Waals surface area (Å²) in [6.45, 7) is 3.99. The smallest absolute Gasteiger partial charge is 0.378 e. The van der Waals surface area contributed by atoms with Crippen LogP contribution in [0.5, 0.6) is 5.75 Å². The van der Waals surface area contributed by atoms with Gasteiger partial charge in [-0.05, 0) is 26.0 Å². The number of carbonyl (C=O) groups is 2. The summed E-state index contributed by atoms with van der Waals surface area (Å²) in [4.78, 5) is 25.4. The SMILES string of the molecule is CCOc1ccccc1NC(=O)C(OC(=O)c1cc(C)no1)c1ccccc1. The number of amides is 1. The largest absolute Gasteiger partial charge is 0.492 e. The van der Waals surface area contributed by atoms with E-state index in [0.717, 1.165) is 0 Å². The van der Waals surface area contributed by atoms with Crippen LogP contribution in [-0.4, -0.2) is 23.6 Å². The number of aryl methyl sites for hydroxylation is 1. The summed E-state index contributed by atoms with van der Waals surface area (Å²) in [7, 11) is 0. The first kappa shape index (κ1) is 19.2. The molecule has 7 heteroatoms. The van der Waals surface area contributed by atoms with Gasteiger partial charge in [-0.2, -0.15) is 0 Å². The molecule has 1 N–H and O–H groups in total. The lowest BCUT2D eigenvalue weighted by Gasteiger charge is -2.18. The van der Waals surface area contributed by atoms with Crippen molar-refractivity contribution < 1.29 is 23.6 Å². The number of rotatable bonds is 7. The second kappa shape index (κ2) is 8.85. The fourth-order valence-electron chi connectivity index (χ4n) is 2.58. The van der Waals surface area contributed by atoms with Gasteiger partial charge in [-0.15, -0.1) is 0 Å². The quantitative estimate of drug-likeness (QED) is 0.625. The molecule has 1 unspecified atom stereocenters. The van der Waals surface area contributed by atoms with Crippen LogP contribution in [0.1, 0.15) is 34.8 Å². The number of nitrogens with one attached hydrogen (secondary N) is 1. The van der Waals surface area contributed by atoms with Crippen LogP contribution in [-0.2, 0) is 9.53 Å². The standard InChI is InChI=1S/C21H20N2O5/c1-3-26-17-12-8-7-11-16(17)22-20(24)19(15-9-5-4-6-10-15)27-21(25)18-13-14(2)23-28-18/h4-13,19H,3H2,1-2H3,(H,22,24). The average Bonchev–Trinajstić information content (AvgIpc) is 3.15. The van der Waals surface area contributed by atoms with Crippen LogP contribution in [0.25, 0.3) is 0 Å². The maximum Gasteiger partial charge on any atom is 0.378 e. The third kappa shape index (κ3) is 4.56. The van der Waals surface area contributed by atoms with Crippen LogP contribution < -0.4 is 10.1 Å². The monoisotopic (exact) mass is 380 g/mol. The number of ether oxygens (including phenoxy) is 2. The summed E-state index contributed by atoms with van der Waals surface area (Å²) >= 11 is 0. The number of aromatic nitrogens is 1. The van der Waals surface area contributed by atoms with Crippen LogP contribution in [0.2, 0.25) is 0 Å². The van der Waals surface area contributed by atoms with Crippen molar-refractivity contribution in [2.24, 2.45) is 0 Å². The number of anilines is 1. The van der Waals surface area contributed by atoms with Crippen molar-refractivity contribution >= 4 is 17.6 Å². The molecule has 2 aromatic carbocycles. The highest BCUT2D eigenvalue weighted by molar-refractivity contribution is 5.98. The Balaban J connectivity index is 1.85. The molecule has 0 aliphatic carbocycles. The van der Waals surface area contributed by atoms with Gasteiger partial charge >= 0.3 is 5.97 Å². The van der Waals surface area contributed by atoms with Gasteiger partial charge in [0.15, 0.2) is 0 Å². The molecule has 0 saturated carbocycles. The molecule has 3 aromatic rings. The number of para-hydroxylation sites is 2. The Morgan fingerprint density at radius 1 is 1.11 bits per heavy atom. The summed E-state index contributed by atoms with van der Waals surface area (Å²) in [5.74, 6) is -0.825. The number of nitrogens with zero attached hydrogens (tertiary/aromatic N) is 1. The van der Waals surface area contributed by atoms with E-state index in [-0.39, 0.29) is 5.76 Å². The Hall–Kier alpha value is -3.61. The molecule has 144 valence electrons. The zero-order valence-electron chi connectivity index (χ0n) is 15.5. The average molecular weight is 380 g/mol. The lowest BCUT2D eigenvalue weighted by Crippen LogP contribution is -2.26. The molecule has 0 bridgehead atoms. The van der Waals surface area contributed by atoms with Gasteiger partial charge in [0, 0.05) is 11.6 Å². The minimum Gasteiger partial charge on any atom is -0.492 e.